The summed E-state index contributed by atoms with van der Waals surface area (Å²) in [6.07, 6.45) is -4.45. The summed E-state index contributed by atoms with van der Waals surface area (Å²) < 4.78 is 43.8. The molecule has 1 heterocycles. The van der Waals surface area contributed by atoms with Crippen LogP contribution in [-0.4, -0.2) is 18.0 Å². The summed E-state index contributed by atoms with van der Waals surface area (Å²) >= 11 is 1.03. The molecule has 1 aromatic heterocycles. The fourth-order valence-corrected chi connectivity index (χ4v) is 2.97. The Morgan fingerprint density at radius 2 is 1.96 bits per heavy atom. The molecule has 0 saturated carbocycles. The highest BCUT2D eigenvalue weighted by Crippen LogP contribution is 2.33. The van der Waals surface area contributed by atoms with E-state index in [0.717, 1.165) is 23.5 Å². The van der Waals surface area contributed by atoms with Gasteiger partial charge in [0.25, 0.3) is 5.91 Å². The molecule has 3 aromatic rings. The fraction of sp³-hybridized carbons (Fsp3) is 0.125. The quantitative estimate of drug-likeness (QED) is 0.751. The highest BCUT2D eigenvalue weighted by molar-refractivity contribution is 7.20. The zero-order valence-corrected chi connectivity index (χ0v) is 13.2. The number of para-hydroxylation sites is 2. The number of amides is 1. The van der Waals surface area contributed by atoms with Crippen molar-refractivity contribution in [1.82, 2.24) is 4.98 Å². The molecule has 124 valence electrons. The van der Waals surface area contributed by atoms with Crippen LogP contribution >= 0.6 is 11.3 Å². The number of nitrogens with one attached hydrogen (secondary N) is 1. The molecule has 8 heteroatoms. The summed E-state index contributed by atoms with van der Waals surface area (Å²) in [5.74, 6) is -0.0272. The summed E-state index contributed by atoms with van der Waals surface area (Å²) in [7, 11) is 1.47. The number of carbonyl (C=O) groups excluding carboxylic acids is 1. The molecule has 0 radical (unpaired) electrons. The lowest BCUT2D eigenvalue weighted by molar-refractivity contribution is -0.137. The van der Waals surface area contributed by atoms with Gasteiger partial charge in [0.2, 0.25) is 0 Å². The standard InChI is InChI=1S/C16H11F3N2O2S/c1-23-12-5-3-2-4-10(12)20-14(22)15-21-11-8-9(16(17,18)19)6-7-13(11)24-15/h2-8H,1H3,(H,20,22). The number of carbonyl (C=O) groups is 1. The van der Waals surface area contributed by atoms with Crippen molar-refractivity contribution in [3.8, 4) is 5.75 Å². The SMILES string of the molecule is COc1ccccc1NC(=O)c1nc2cc(C(F)(F)F)ccc2s1. The number of nitrogens with zero attached hydrogens (tertiary/aromatic N) is 1. The average molecular weight is 352 g/mol. The van der Waals surface area contributed by atoms with E-state index in [4.69, 9.17) is 4.74 Å². The molecule has 0 spiro atoms. The van der Waals surface area contributed by atoms with E-state index in [0.29, 0.717) is 16.1 Å². The Bertz CT molecular complexity index is 906. The molecule has 0 bridgehead atoms. The monoisotopic (exact) mass is 352 g/mol. The van der Waals surface area contributed by atoms with Crippen LogP contribution in [-0.2, 0) is 6.18 Å². The van der Waals surface area contributed by atoms with Crippen molar-refractivity contribution in [2.75, 3.05) is 12.4 Å². The number of methoxy groups -OCH3 is 1. The van der Waals surface area contributed by atoms with Crippen LogP contribution in [0.4, 0.5) is 18.9 Å². The molecule has 0 aliphatic carbocycles. The fourth-order valence-electron chi connectivity index (χ4n) is 2.12. The van der Waals surface area contributed by atoms with Gasteiger partial charge in [-0.1, -0.05) is 12.1 Å². The average Bonchev–Trinajstić information content (AvgIpc) is 2.97. The summed E-state index contributed by atoms with van der Waals surface area (Å²) in [5, 5.41) is 2.72. The number of alkyl halides is 3. The third kappa shape index (κ3) is 3.18. The topological polar surface area (TPSA) is 51.2 Å². The molecule has 0 unspecified atom stereocenters. The predicted molar refractivity (Wildman–Crippen MR) is 85.6 cm³/mol. The molecule has 0 saturated heterocycles. The maximum Gasteiger partial charge on any atom is 0.416 e. The molecule has 4 nitrogen and oxygen atoms in total. The number of thiazole rings is 1. The summed E-state index contributed by atoms with van der Waals surface area (Å²) in [6, 6.07) is 10.1. The lowest BCUT2D eigenvalue weighted by Crippen LogP contribution is -2.12. The molecule has 0 fully saturated rings. The Labute approximate surface area is 138 Å². The van der Waals surface area contributed by atoms with E-state index in [-0.39, 0.29) is 10.5 Å². The first kappa shape index (κ1) is 16.3. The van der Waals surface area contributed by atoms with Gasteiger partial charge in [0, 0.05) is 0 Å². The Morgan fingerprint density at radius 3 is 2.67 bits per heavy atom. The summed E-state index contributed by atoms with van der Waals surface area (Å²) in [6.45, 7) is 0. The van der Waals surface area contributed by atoms with Crippen LogP contribution in [0.15, 0.2) is 42.5 Å². The van der Waals surface area contributed by atoms with Gasteiger partial charge < -0.3 is 10.1 Å². The largest absolute Gasteiger partial charge is 0.495 e. The van der Waals surface area contributed by atoms with Gasteiger partial charge in [-0.3, -0.25) is 4.79 Å². The second-order valence-electron chi connectivity index (χ2n) is 4.85. The van der Waals surface area contributed by atoms with Gasteiger partial charge in [-0.25, -0.2) is 4.98 Å². The minimum atomic E-state index is -4.45. The number of anilines is 1. The van der Waals surface area contributed by atoms with E-state index in [2.05, 4.69) is 10.3 Å². The van der Waals surface area contributed by atoms with Gasteiger partial charge >= 0.3 is 6.18 Å². The number of hydrogen-bond acceptors (Lipinski definition) is 4. The molecule has 1 N–H and O–H groups in total. The number of aromatic nitrogens is 1. The Kier molecular flexibility index (Phi) is 4.15. The number of hydrogen-bond donors (Lipinski definition) is 1. The first-order valence-corrected chi connectivity index (χ1v) is 7.62. The highest BCUT2D eigenvalue weighted by atomic mass is 32.1. The van der Waals surface area contributed by atoms with Crippen molar-refractivity contribution >= 4 is 33.1 Å². The van der Waals surface area contributed by atoms with Crippen LogP contribution in [0.2, 0.25) is 0 Å². The van der Waals surface area contributed by atoms with Crippen LogP contribution in [0.25, 0.3) is 10.2 Å². The van der Waals surface area contributed by atoms with E-state index >= 15 is 0 Å². The van der Waals surface area contributed by atoms with Gasteiger partial charge in [-0.05, 0) is 30.3 Å². The van der Waals surface area contributed by atoms with Crippen molar-refractivity contribution in [2.45, 2.75) is 6.18 Å². The second kappa shape index (κ2) is 6.12. The Balaban J connectivity index is 1.90. The second-order valence-corrected chi connectivity index (χ2v) is 5.88. The van der Waals surface area contributed by atoms with E-state index < -0.39 is 17.6 Å². The van der Waals surface area contributed by atoms with Gasteiger partial charge in [-0.2, -0.15) is 13.2 Å². The number of ether oxygens (including phenoxy) is 1. The summed E-state index contributed by atoms with van der Waals surface area (Å²) in [5.41, 5.74) is -0.197. The normalized spacial score (nSPS) is 11.5. The molecule has 0 atom stereocenters. The molecule has 2 aromatic carbocycles. The van der Waals surface area contributed by atoms with Gasteiger partial charge in [0.15, 0.2) is 5.01 Å². The van der Waals surface area contributed by atoms with Gasteiger partial charge in [0.1, 0.15) is 5.75 Å². The van der Waals surface area contributed by atoms with Gasteiger partial charge in [-0.15, -0.1) is 11.3 Å². The van der Waals surface area contributed by atoms with Crippen molar-refractivity contribution in [2.24, 2.45) is 0 Å². The number of halogens is 3. The number of benzene rings is 2. The van der Waals surface area contributed by atoms with E-state index in [9.17, 15) is 18.0 Å². The van der Waals surface area contributed by atoms with Crippen LogP contribution in [0, 0.1) is 0 Å². The highest BCUT2D eigenvalue weighted by Gasteiger charge is 2.31. The molecule has 1 amide bonds. The van der Waals surface area contributed by atoms with Crippen molar-refractivity contribution in [3.63, 3.8) is 0 Å². The third-order valence-electron chi connectivity index (χ3n) is 3.26. The lowest BCUT2D eigenvalue weighted by atomic mass is 10.2. The first-order valence-electron chi connectivity index (χ1n) is 6.80. The van der Waals surface area contributed by atoms with E-state index in [1.807, 2.05) is 0 Å². The molecular formula is C16H11F3N2O2S. The van der Waals surface area contributed by atoms with E-state index in [1.54, 1.807) is 24.3 Å². The van der Waals surface area contributed by atoms with Crippen LogP contribution < -0.4 is 10.1 Å². The maximum absolute atomic E-state index is 12.7. The van der Waals surface area contributed by atoms with Crippen molar-refractivity contribution in [3.05, 3.63) is 53.0 Å². The summed E-state index contributed by atoms with van der Waals surface area (Å²) in [4.78, 5) is 16.3. The zero-order chi connectivity index (χ0) is 17.3. The van der Waals surface area contributed by atoms with E-state index in [1.165, 1.54) is 13.2 Å². The van der Waals surface area contributed by atoms with Crippen LogP contribution in [0.1, 0.15) is 15.4 Å². The molecule has 0 aliphatic heterocycles. The number of rotatable bonds is 3. The number of fused-ring (bicyclic) bond motifs is 1. The van der Waals surface area contributed by atoms with Crippen molar-refractivity contribution in [1.29, 1.82) is 0 Å². The van der Waals surface area contributed by atoms with Crippen molar-refractivity contribution < 1.29 is 22.7 Å². The zero-order valence-electron chi connectivity index (χ0n) is 12.3. The van der Waals surface area contributed by atoms with Crippen LogP contribution in [0.5, 0.6) is 5.75 Å². The first-order chi connectivity index (χ1) is 11.4. The minimum absolute atomic E-state index is 0.0789. The predicted octanol–water partition coefficient (Wildman–Crippen LogP) is 4.58. The lowest BCUT2D eigenvalue weighted by Gasteiger charge is -2.08. The smallest absolute Gasteiger partial charge is 0.416 e. The molecular weight excluding hydrogens is 341 g/mol. The van der Waals surface area contributed by atoms with Crippen LogP contribution in [0.3, 0.4) is 0 Å². The Morgan fingerprint density at radius 1 is 1.21 bits per heavy atom. The molecule has 0 aliphatic rings. The molecule has 24 heavy (non-hydrogen) atoms. The molecule has 3 rings (SSSR count). The minimum Gasteiger partial charge on any atom is -0.495 e. The maximum atomic E-state index is 12.7. The van der Waals surface area contributed by atoms with Gasteiger partial charge in [0.05, 0.1) is 28.6 Å². The Hall–Kier alpha value is -2.61. The third-order valence-corrected chi connectivity index (χ3v) is 4.30.